The zero-order valence-corrected chi connectivity index (χ0v) is 13.0. The molecule has 0 bridgehead atoms. The van der Waals surface area contributed by atoms with E-state index < -0.39 is 10.0 Å². The lowest BCUT2D eigenvalue weighted by Gasteiger charge is -2.14. The molecule has 0 aromatic carbocycles. The van der Waals surface area contributed by atoms with Crippen molar-refractivity contribution in [2.24, 2.45) is 11.1 Å². The van der Waals surface area contributed by atoms with E-state index in [9.17, 15) is 13.2 Å². The molecule has 0 radical (unpaired) electrons. The van der Waals surface area contributed by atoms with Crippen LogP contribution in [0.1, 0.15) is 27.9 Å². The Kier molecular flexibility index (Phi) is 4.48. The summed E-state index contributed by atoms with van der Waals surface area (Å²) in [4.78, 5) is 12.9. The minimum atomic E-state index is -3.78. The lowest BCUT2D eigenvalue weighted by molar-refractivity contribution is 0.0910. The maximum absolute atomic E-state index is 12.0. The monoisotopic (exact) mass is 318 g/mol. The lowest BCUT2D eigenvalue weighted by Crippen LogP contribution is -2.31. The van der Waals surface area contributed by atoms with Gasteiger partial charge in [-0.1, -0.05) is 0 Å². The van der Waals surface area contributed by atoms with Gasteiger partial charge in [0.1, 0.15) is 0 Å². The Morgan fingerprint density at radius 3 is 2.80 bits per heavy atom. The third-order valence-electron chi connectivity index (χ3n) is 3.46. The highest BCUT2D eigenvalue weighted by molar-refractivity contribution is 7.89. The molecular formula is C12H18N2O4S2. The number of amides is 1. The molecule has 3 N–H and O–H groups in total. The van der Waals surface area contributed by atoms with Gasteiger partial charge >= 0.3 is 0 Å². The molecule has 1 aliphatic heterocycles. The van der Waals surface area contributed by atoms with Crippen LogP contribution in [0.25, 0.3) is 0 Å². The summed E-state index contributed by atoms with van der Waals surface area (Å²) in [6.45, 7) is 4.86. The minimum Gasteiger partial charge on any atom is -0.378 e. The SMILES string of the molecule is Cc1sc(C(=O)NCC2CCOC2C)cc1S(N)(=O)=O. The summed E-state index contributed by atoms with van der Waals surface area (Å²) in [6, 6.07) is 1.33. The Morgan fingerprint density at radius 2 is 2.30 bits per heavy atom. The van der Waals surface area contributed by atoms with Crippen LogP contribution in [0.5, 0.6) is 0 Å². The molecule has 2 unspecified atom stereocenters. The fraction of sp³-hybridized carbons (Fsp3) is 0.583. The molecule has 6 nitrogen and oxygen atoms in total. The fourth-order valence-corrected chi connectivity index (χ4v) is 4.28. The van der Waals surface area contributed by atoms with Crippen molar-refractivity contribution < 1.29 is 17.9 Å². The van der Waals surface area contributed by atoms with Gasteiger partial charge in [-0.15, -0.1) is 11.3 Å². The van der Waals surface area contributed by atoms with Gasteiger partial charge in [-0.2, -0.15) is 0 Å². The quantitative estimate of drug-likeness (QED) is 0.860. The molecule has 1 aliphatic rings. The summed E-state index contributed by atoms with van der Waals surface area (Å²) in [5.74, 6) is 0.0322. The maximum atomic E-state index is 12.0. The average molecular weight is 318 g/mol. The van der Waals surface area contributed by atoms with E-state index in [-0.39, 0.29) is 16.9 Å². The maximum Gasteiger partial charge on any atom is 0.261 e. The molecule has 0 saturated carbocycles. The molecule has 20 heavy (non-hydrogen) atoms. The number of thiophene rings is 1. The number of hydrogen-bond acceptors (Lipinski definition) is 5. The van der Waals surface area contributed by atoms with Gasteiger partial charge in [0.2, 0.25) is 10.0 Å². The zero-order valence-electron chi connectivity index (χ0n) is 11.4. The normalized spacial score (nSPS) is 22.9. The van der Waals surface area contributed by atoms with E-state index in [1.54, 1.807) is 6.92 Å². The average Bonchev–Trinajstić information content (AvgIpc) is 2.92. The van der Waals surface area contributed by atoms with Crippen LogP contribution in [0, 0.1) is 12.8 Å². The van der Waals surface area contributed by atoms with Crippen molar-refractivity contribution >= 4 is 27.3 Å². The summed E-state index contributed by atoms with van der Waals surface area (Å²) in [5.41, 5.74) is 0. The van der Waals surface area contributed by atoms with Gasteiger partial charge in [0.15, 0.2) is 0 Å². The molecule has 2 heterocycles. The number of carbonyl (C=O) groups excluding carboxylic acids is 1. The van der Waals surface area contributed by atoms with E-state index in [0.717, 1.165) is 24.4 Å². The highest BCUT2D eigenvalue weighted by Crippen LogP contribution is 2.25. The van der Waals surface area contributed by atoms with E-state index in [1.165, 1.54) is 6.07 Å². The second-order valence-corrected chi connectivity index (χ2v) is 7.70. The summed E-state index contributed by atoms with van der Waals surface area (Å²) in [6.07, 6.45) is 1.06. The molecule has 0 spiro atoms. The molecule has 8 heteroatoms. The van der Waals surface area contributed by atoms with Gasteiger partial charge in [-0.25, -0.2) is 13.6 Å². The Hall–Kier alpha value is -0.960. The second kappa shape index (κ2) is 5.80. The van der Waals surface area contributed by atoms with Crippen LogP contribution in [0.3, 0.4) is 0 Å². The van der Waals surface area contributed by atoms with Gasteiger partial charge < -0.3 is 10.1 Å². The number of aryl methyl sites for hydroxylation is 1. The Bertz CT molecular complexity index is 609. The number of nitrogens with one attached hydrogen (secondary N) is 1. The topological polar surface area (TPSA) is 98.5 Å². The zero-order chi connectivity index (χ0) is 14.9. The molecule has 1 aromatic heterocycles. The number of hydrogen-bond donors (Lipinski definition) is 2. The van der Waals surface area contributed by atoms with Gasteiger partial charge in [-0.3, -0.25) is 4.79 Å². The van der Waals surface area contributed by atoms with Gasteiger partial charge in [-0.05, 0) is 26.3 Å². The molecule has 2 rings (SSSR count). The molecule has 1 saturated heterocycles. The number of primary sulfonamides is 1. The molecule has 1 aromatic rings. The highest BCUT2D eigenvalue weighted by atomic mass is 32.2. The lowest BCUT2D eigenvalue weighted by atomic mass is 10.0. The highest BCUT2D eigenvalue weighted by Gasteiger charge is 2.25. The number of nitrogens with two attached hydrogens (primary N) is 1. The summed E-state index contributed by atoms with van der Waals surface area (Å²) in [5, 5.41) is 7.91. The molecule has 0 aliphatic carbocycles. The predicted molar refractivity (Wildman–Crippen MR) is 76.3 cm³/mol. The largest absolute Gasteiger partial charge is 0.378 e. The van der Waals surface area contributed by atoms with E-state index >= 15 is 0 Å². The second-order valence-electron chi connectivity index (χ2n) is 4.91. The third-order valence-corrected chi connectivity index (χ3v) is 5.68. The molecule has 1 fully saturated rings. The van der Waals surface area contributed by atoms with Crippen LogP contribution >= 0.6 is 11.3 Å². The van der Waals surface area contributed by atoms with Crippen LogP contribution < -0.4 is 10.5 Å². The number of carbonyl (C=O) groups is 1. The third kappa shape index (κ3) is 3.38. The van der Waals surface area contributed by atoms with Crippen molar-refractivity contribution in [3.63, 3.8) is 0 Å². The van der Waals surface area contributed by atoms with Crippen molar-refractivity contribution in [3.05, 3.63) is 15.8 Å². The first-order chi connectivity index (χ1) is 9.29. The van der Waals surface area contributed by atoms with Crippen LogP contribution in [-0.4, -0.2) is 33.6 Å². The summed E-state index contributed by atoms with van der Waals surface area (Å²) >= 11 is 1.13. The fourth-order valence-electron chi connectivity index (χ4n) is 2.21. The Balaban J connectivity index is 2.03. The van der Waals surface area contributed by atoms with Gasteiger partial charge in [0.25, 0.3) is 5.91 Å². The van der Waals surface area contributed by atoms with E-state index in [0.29, 0.717) is 22.2 Å². The minimum absolute atomic E-state index is 0.0187. The summed E-state index contributed by atoms with van der Waals surface area (Å²) in [7, 11) is -3.78. The van der Waals surface area contributed by atoms with E-state index in [4.69, 9.17) is 9.88 Å². The van der Waals surface area contributed by atoms with Crippen molar-refractivity contribution in [3.8, 4) is 0 Å². The van der Waals surface area contributed by atoms with Crippen LogP contribution in [0.15, 0.2) is 11.0 Å². The molecular weight excluding hydrogens is 300 g/mol. The first kappa shape index (κ1) is 15.4. The van der Waals surface area contributed by atoms with Crippen LogP contribution in [0.2, 0.25) is 0 Å². The number of rotatable bonds is 4. The Morgan fingerprint density at radius 1 is 1.60 bits per heavy atom. The van der Waals surface area contributed by atoms with Crippen molar-refractivity contribution in [1.82, 2.24) is 5.32 Å². The van der Waals surface area contributed by atoms with Gasteiger partial charge in [0.05, 0.1) is 15.9 Å². The standard InChI is InChI=1S/C12H18N2O4S2/c1-7-9(3-4-18-7)6-14-12(15)10-5-11(8(2)19-10)20(13,16)17/h5,7,9H,3-4,6H2,1-2H3,(H,14,15)(H2,13,16,17). The van der Waals surface area contributed by atoms with Gasteiger partial charge in [0, 0.05) is 23.9 Å². The van der Waals surface area contributed by atoms with Crippen molar-refractivity contribution in [2.45, 2.75) is 31.3 Å². The van der Waals surface area contributed by atoms with Crippen molar-refractivity contribution in [2.75, 3.05) is 13.2 Å². The number of sulfonamides is 1. The van der Waals surface area contributed by atoms with E-state index in [2.05, 4.69) is 5.32 Å². The van der Waals surface area contributed by atoms with Crippen molar-refractivity contribution in [1.29, 1.82) is 0 Å². The predicted octanol–water partition coefficient (Wildman–Crippen LogP) is 0.859. The molecule has 2 atom stereocenters. The molecule has 1 amide bonds. The van der Waals surface area contributed by atoms with Crippen LogP contribution in [0.4, 0.5) is 0 Å². The Labute approximate surface area is 122 Å². The smallest absolute Gasteiger partial charge is 0.261 e. The first-order valence-electron chi connectivity index (χ1n) is 6.32. The summed E-state index contributed by atoms with van der Waals surface area (Å²) < 4.78 is 28.1. The van der Waals surface area contributed by atoms with Crippen LogP contribution in [-0.2, 0) is 14.8 Å². The van der Waals surface area contributed by atoms with E-state index in [1.807, 2.05) is 6.92 Å². The number of ether oxygens (including phenoxy) is 1. The first-order valence-corrected chi connectivity index (χ1v) is 8.68. The molecule has 112 valence electrons.